The smallest absolute Gasteiger partial charge is 0.304 e. The maximum absolute atomic E-state index is 12.9. The number of aromatic nitrogens is 1. The summed E-state index contributed by atoms with van der Waals surface area (Å²) in [5.74, 6) is -2.47. The summed E-state index contributed by atoms with van der Waals surface area (Å²) in [5, 5.41) is 9.51. The molecule has 1 unspecified atom stereocenters. The number of hydrogen-bond acceptors (Lipinski definition) is 1. The van der Waals surface area contributed by atoms with Crippen molar-refractivity contribution in [1.82, 2.24) is 4.57 Å². The molecule has 0 saturated heterocycles. The fourth-order valence-electron chi connectivity index (χ4n) is 2.07. The number of carboxylic acids is 1. The lowest BCUT2D eigenvalue weighted by atomic mass is 9.95. The zero-order chi connectivity index (χ0) is 13.3. The Morgan fingerprint density at radius 2 is 2.11 bits per heavy atom. The third-order valence-corrected chi connectivity index (χ3v) is 3.04. The predicted molar refractivity (Wildman–Crippen MR) is 63.9 cm³/mol. The number of fused-ring (bicyclic) bond motifs is 1. The van der Waals surface area contributed by atoms with Crippen molar-refractivity contribution in [1.29, 1.82) is 0 Å². The quantitative estimate of drug-likeness (QED) is 0.910. The van der Waals surface area contributed by atoms with Crippen LogP contribution in [-0.2, 0) is 11.8 Å². The Labute approximate surface area is 103 Å². The van der Waals surface area contributed by atoms with Gasteiger partial charge in [0.1, 0.15) is 0 Å². The van der Waals surface area contributed by atoms with Gasteiger partial charge in [-0.2, -0.15) is 0 Å². The van der Waals surface area contributed by atoms with Crippen LogP contribution in [0.4, 0.5) is 8.78 Å². The van der Waals surface area contributed by atoms with Crippen LogP contribution in [0.3, 0.4) is 0 Å². The lowest BCUT2D eigenvalue weighted by molar-refractivity contribution is -0.138. The Hall–Kier alpha value is -1.91. The van der Waals surface area contributed by atoms with Crippen LogP contribution < -0.4 is 0 Å². The molecule has 0 amide bonds. The second-order valence-electron chi connectivity index (χ2n) is 4.28. The number of aliphatic carboxylic acids is 1. The second-order valence-corrected chi connectivity index (χ2v) is 4.28. The van der Waals surface area contributed by atoms with E-state index < -0.39 is 24.7 Å². The summed E-state index contributed by atoms with van der Waals surface area (Å²) in [7, 11) is 1.86. The van der Waals surface area contributed by atoms with Crippen LogP contribution >= 0.6 is 0 Å². The van der Waals surface area contributed by atoms with E-state index in [-0.39, 0.29) is 0 Å². The van der Waals surface area contributed by atoms with Crippen LogP contribution in [0.2, 0.25) is 0 Å². The van der Waals surface area contributed by atoms with Gasteiger partial charge in [-0.05, 0) is 29.1 Å². The van der Waals surface area contributed by atoms with E-state index in [0.717, 1.165) is 10.9 Å². The number of carbonyl (C=O) groups is 1. The molecule has 96 valence electrons. The molecule has 2 rings (SSSR count). The molecule has 18 heavy (non-hydrogen) atoms. The minimum absolute atomic E-state index is 0.367. The first-order valence-electron chi connectivity index (χ1n) is 5.54. The maximum Gasteiger partial charge on any atom is 0.304 e. The van der Waals surface area contributed by atoms with E-state index in [9.17, 15) is 13.6 Å². The van der Waals surface area contributed by atoms with E-state index in [1.807, 2.05) is 23.9 Å². The van der Waals surface area contributed by atoms with Crippen LogP contribution in [0.15, 0.2) is 30.5 Å². The lowest BCUT2D eigenvalue weighted by Crippen LogP contribution is -2.14. The van der Waals surface area contributed by atoms with Crippen LogP contribution in [0.1, 0.15) is 17.9 Å². The van der Waals surface area contributed by atoms with Gasteiger partial charge < -0.3 is 9.67 Å². The molecule has 0 saturated carbocycles. The van der Waals surface area contributed by atoms with Crippen molar-refractivity contribution in [2.75, 3.05) is 0 Å². The number of rotatable bonds is 4. The summed E-state index contributed by atoms with van der Waals surface area (Å²) in [6.07, 6.45) is -1.40. The molecule has 1 aromatic carbocycles. The van der Waals surface area contributed by atoms with Crippen molar-refractivity contribution in [2.45, 2.75) is 18.8 Å². The van der Waals surface area contributed by atoms with Crippen LogP contribution in [-0.4, -0.2) is 22.1 Å². The first-order chi connectivity index (χ1) is 8.49. The zero-order valence-electron chi connectivity index (χ0n) is 9.81. The summed E-state index contributed by atoms with van der Waals surface area (Å²) in [5.41, 5.74) is 1.30. The highest BCUT2D eigenvalue weighted by molar-refractivity contribution is 5.81. The Morgan fingerprint density at radius 3 is 2.72 bits per heavy atom. The largest absolute Gasteiger partial charge is 0.481 e. The van der Waals surface area contributed by atoms with Gasteiger partial charge >= 0.3 is 5.97 Å². The Kier molecular flexibility index (Phi) is 3.32. The van der Waals surface area contributed by atoms with Crippen molar-refractivity contribution in [2.24, 2.45) is 7.05 Å². The third kappa shape index (κ3) is 2.34. The molecule has 3 nitrogen and oxygen atoms in total. The fraction of sp³-hybridized carbons (Fsp3) is 0.308. The molecule has 1 N–H and O–H groups in total. The number of aryl methyl sites for hydroxylation is 1. The van der Waals surface area contributed by atoms with Gasteiger partial charge in [0.25, 0.3) is 0 Å². The molecule has 0 aliphatic heterocycles. The summed E-state index contributed by atoms with van der Waals surface area (Å²) >= 11 is 0. The number of benzene rings is 1. The first-order valence-corrected chi connectivity index (χ1v) is 5.54. The topological polar surface area (TPSA) is 42.2 Å². The van der Waals surface area contributed by atoms with E-state index in [2.05, 4.69) is 0 Å². The summed E-state index contributed by atoms with van der Waals surface area (Å²) < 4.78 is 27.6. The van der Waals surface area contributed by atoms with E-state index in [1.165, 1.54) is 0 Å². The number of carboxylic acid groups (broad SMARTS) is 1. The molecule has 0 bridgehead atoms. The molecule has 1 atom stereocenters. The van der Waals surface area contributed by atoms with Gasteiger partial charge in [0.15, 0.2) is 0 Å². The van der Waals surface area contributed by atoms with Crippen LogP contribution in [0, 0.1) is 0 Å². The number of hydrogen-bond donors (Lipinski definition) is 1. The van der Waals surface area contributed by atoms with Gasteiger partial charge in [-0.15, -0.1) is 0 Å². The molecule has 2 aromatic rings. The Morgan fingerprint density at radius 1 is 1.39 bits per heavy atom. The monoisotopic (exact) mass is 253 g/mol. The molecular formula is C13H13F2NO2. The van der Waals surface area contributed by atoms with Gasteiger partial charge in [-0.1, -0.05) is 6.07 Å². The van der Waals surface area contributed by atoms with Gasteiger partial charge in [-0.25, -0.2) is 8.78 Å². The van der Waals surface area contributed by atoms with Crippen molar-refractivity contribution in [3.63, 3.8) is 0 Å². The van der Waals surface area contributed by atoms with E-state index in [4.69, 9.17) is 5.11 Å². The average Bonchev–Trinajstić information content (AvgIpc) is 2.67. The molecule has 0 radical (unpaired) electrons. The highest BCUT2D eigenvalue weighted by Crippen LogP contribution is 2.29. The molecule has 1 heterocycles. The van der Waals surface area contributed by atoms with Crippen molar-refractivity contribution in [3.05, 3.63) is 36.0 Å². The van der Waals surface area contributed by atoms with Gasteiger partial charge in [0.05, 0.1) is 12.3 Å². The van der Waals surface area contributed by atoms with Gasteiger partial charge in [0, 0.05) is 18.8 Å². The van der Waals surface area contributed by atoms with E-state index >= 15 is 0 Å². The molecule has 1 aromatic heterocycles. The molecule has 0 spiro atoms. The molecule has 5 heteroatoms. The highest BCUT2D eigenvalue weighted by atomic mass is 19.3. The van der Waals surface area contributed by atoms with Crippen LogP contribution in [0.25, 0.3) is 10.9 Å². The van der Waals surface area contributed by atoms with Gasteiger partial charge in [-0.3, -0.25) is 4.79 Å². The lowest BCUT2D eigenvalue weighted by Gasteiger charge is -2.14. The second kappa shape index (κ2) is 4.76. The molecular weight excluding hydrogens is 240 g/mol. The number of halogens is 2. The number of alkyl halides is 2. The first kappa shape index (κ1) is 12.5. The molecule has 0 aliphatic carbocycles. The summed E-state index contributed by atoms with van der Waals surface area (Å²) in [6.45, 7) is 0. The standard InChI is InChI=1S/C13H13F2NO2/c1-16-5-4-9-6-8(2-3-11(9)16)10(13(14)15)7-12(17)18/h2-6,10,13H,7H2,1H3,(H,17,18). The van der Waals surface area contributed by atoms with Crippen molar-refractivity contribution in [3.8, 4) is 0 Å². The maximum atomic E-state index is 12.9. The van der Waals surface area contributed by atoms with E-state index in [0.29, 0.717) is 5.56 Å². The zero-order valence-corrected chi connectivity index (χ0v) is 9.81. The predicted octanol–water partition coefficient (Wildman–Crippen LogP) is 3.00. The molecule has 0 aliphatic rings. The minimum atomic E-state index is -2.68. The number of nitrogens with zero attached hydrogens (tertiary/aromatic N) is 1. The third-order valence-electron chi connectivity index (χ3n) is 3.04. The molecule has 0 fully saturated rings. The van der Waals surface area contributed by atoms with Crippen LogP contribution in [0.5, 0.6) is 0 Å². The van der Waals surface area contributed by atoms with Gasteiger partial charge in [0.2, 0.25) is 6.43 Å². The average molecular weight is 253 g/mol. The normalized spacial score (nSPS) is 13.1. The Bertz CT molecular complexity index is 577. The summed E-state index contributed by atoms with van der Waals surface area (Å²) in [4.78, 5) is 10.6. The van der Waals surface area contributed by atoms with Crippen molar-refractivity contribution < 1.29 is 18.7 Å². The summed E-state index contributed by atoms with van der Waals surface area (Å²) in [6, 6.07) is 6.77. The SMILES string of the molecule is Cn1ccc2cc(C(CC(=O)O)C(F)F)ccc21. The fourth-order valence-corrected chi connectivity index (χ4v) is 2.07. The minimum Gasteiger partial charge on any atom is -0.481 e. The van der Waals surface area contributed by atoms with Crippen molar-refractivity contribution >= 4 is 16.9 Å². The van der Waals surface area contributed by atoms with E-state index in [1.54, 1.807) is 18.2 Å². The highest BCUT2D eigenvalue weighted by Gasteiger charge is 2.25. The Balaban J connectivity index is 2.41.